The summed E-state index contributed by atoms with van der Waals surface area (Å²) in [6.45, 7) is 6.73. The first-order valence-electron chi connectivity index (χ1n) is 17.8. The molecular weight excluding hydrogens is 550 g/mol. The first-order valence-corrected chi connectivity index (χ1v) is 20.4. The van der Waals surface area contributed by atoms with Crippen molar-refractivity contribution < 1.29 is 14.3 Å². The Balaban J connectivity index is 4.33. The molecule has 0 saturated heterocycles. The minimum Gasteiger partial charge on any atom is -0.444 e. The number of hydrogen-bond donors (Lipinski definition) is 2. The van der Waals surface area contributed by atoms with E-state index in [0.717, 1.165) is 31.4 Å². The molecule has 0 rings (SSSR count). The van der Waals surface area contributed by atoms with Crippen LogP contribution < -0.4 is 5.32 Å². The molecule has 0 aromatic carbocycles. The highest BCUT2D eigenvalue weighted by Gasteiger charge is 2.24. The zero-order chi connectivity index (χ0) is 30.4. The van der Waals surface area contributed by atoms with E-state index < -0.39 is 11.6 Å². The van der Waals surface area contributed by atoms with Crippen LogP contribution in [0, 0.1) is 0 Å². The van der Waals surface area contributed by atoms with E-state index in [0.29, 0.717) is 19.3 Å². The zero-order valence-electron chi connectivity index (χ0n) is 27.8. The van der Waals surface area contributed by atoms with Crippen LogP contribution in [0.4, 0.5) is 0 Å². The summed E-state index contributed by atoms with van der Waals surface area (Å²) in [6.07, 6.45) is 31.7. The van der Waals surface area contributed by atoms with Gasteiger partial charge in [-0.2, -0.15) is 0 Å². The van der Waals surface area contributed by atoms with E-state index in [1.165, 1.54) is 121 Å². The van der Waals surface area contributed by atoms with Gasteiger partial charge in [-0.15, -0.1) is 0 Å². The Labute approximate surface area is 264 Å². The van der Waals surface area contributed by atoms with Crippen molar-refractivity contribution in [3.05, 3.63) is 0 Å². The Morgan fingerprint density at radius 2 is 1.05 bits per heavy atom. The largest absolute Gasteiger partial charge is 0.444 e. The van der Waals surface area contributed by atoms with E-state index in [1.807, 2.05) is 0 Å². The van der Waals surface area contributed by atoms with Gasteiger partial charge in [-0.1, -0.05) is 154 Å². The smallest absolute Gasteiger partial charge is 0.330 e. The molecular formula is C35H70ClNO3S. The number of nitrogens with one attached hydrogen (secondary N) is 1. The summed E-state index contributed by atoms with van der Waals surface area (Å²) < 4.78 is 5.63. The molecule has 0 aliphatic rings. The number of halogens is 1. The lowest BCUT2D eigenvalue weighted by Gasteiger charge is -2.22. The standard InChI is InChI=1S/C35H70ClNO3S/c1-5-8-11-13-15-17-18-20-22-24-26-28-34(38)37-32(29-31-41(4)30-10-7-3)35(39)40-33(36)27-25-23-21-19-16-14-12-9-6-2/h32-33,41H,5-31H2,1-4H3,(H,37,38)/t32-,33?/m1/s1. The number of thiol groups is 1. The molecule has 41 heavy (non-hydrogen) atoms. The van der Waals surface area contributed by atoms with Gasteiger partial charge in [-0.25, -0.2) is 4.79 Å². The lowest BCUT2D eigenvalue weighted by atomic mass is 10.1. The van der Waals surface area contributed by atoms with Crippen molar-refractivity contribution >= 4 is 34.4 Å². The minimum atomic E-state index is -0.610. The fourth-order valence-corrected chi connectivity index (χ4v) is 7.26. The van der Waals surface area contributed by atoms with Gasteiger partial charge in [0.2, 0.25) is 5.91 Å². The minimum absolute atomic E-state index is 0.0260. The zero-order valence-corrected chi connectivity index (χ0v) is 29.4. The van der Waals surface area contributed by atoms with Crippen molar-refractivity contribution in [2.45, 2.75) is 193 Å². The first kappa shape index (κ1) is 40.6. The van der Waals surface area contributed by atoms with Crippen molar-refractivity contribution in [2.75, 3.05) is 17.8 Å². The van der Waals surface area contributed by atoms with Crippen LogP contribution in [0.5, 0.6) is 0 Å². The summed E-state index contributed by atoms with van der Waals surface area (Å²) in [5.74, 6) is 1.81. The van der Waals surface area contributed by atoms with Gasteiger partial charge in [0.25, 0.3) is 0 Å². The Hall–Kier alpha value is -0.420. The van der Waals surface area contributed by atoms with Crippen molar-refractivity contribution in [3.8, 4) is 0 Å². The number of carbonyl (C=O) groups is 2. The topological polar surface area (TPSA) is 55.4 Å². The van der Waals surface area contributed by atoms with E-state index in [2.05, 4.69) is 32.3 Å². The second-order valence-electron chi connectivity index (χ2n) is 12.3. The predicted molar refractivity (Wildman–Crippen MR) is 185 cm³/mol. The highest BCUT2D eigenvalue weighted by Crippen LogP contribution is 2.24. The van der Waals surface area contributed by atoms with Gasteiger partial charge in [0.15, 0.2) is 5.56 Å². The number of ether oxygens (including phenoxy) is 1. The molecule has 0 spiro atoms. The summed E-state index contributed by atoms with van der Waals surface area (Å²) in [5.41, 5.74) is -0.610. The molecule has 1 N–H and O–H groups in total. The molecule has 0 aliphatic carbocycles. The van der Waals surface area contributed by atoms with Crippen molar-refractivity contribution in [1.82, 2.24) is 5.32 Å². The van der Waals surface area contributed by atoms with Gasteiger partial charge in [-0.3, -0.25) is 15.7 Å². The first-order chi connectivity index (χ1) is 19.9. The van der Waals surface area contributed by atoms with E-state index >= 15 is 0 Å². The molecule has 0 bridgehead atoms. The third-order valence-corrected chi connectivity index (χ3v) is 10.5. The molecule has 0 aliphatic heterocycles. The fraction of sp³-hybridized carbons (Fsp3) is 0.943. The molecule has 1 amide bonds. The number of esters is 1. The third-order valence-electron chi connectivity index (χ3n) is 8.10. The number of carbonyl (C=O) groups excluding carboxylic acids is 2. The molecule has 0 radical (unpaired) electrons. The second kappa shape index (κ2) is 31.0. The van der Waals surface area contributed by atoms with Crippen molar-refractivity contribution in [2.24, 2.45) is 0 Å². The summed E-state index contributed by atoms with van der Waals surface area (Å²) in [6, 6.07) is -0.578. The summed E-state index contributed by atoms with van der Waals surface area (Å²) in [5, 5.41) is 3.01. The molecule has 0 heterocycles. The highest BCUT2D eigenvalue weighted by molar-refractivity contribution is 8.16. The number of alkyl halides is 1. The maximum Gasteiger partial charge on any atom is 0.330 e. The Kier molecular flexibility index (Phi) is 30.7. The third kappa shape index (κ3) is 28.1. The van der Waals surface area contributed by atoms with Crippen LogP contribution in [-0.2, 0) is 14.3 Å². The molecule has 246 valence electrons. The van der Waals surface area contributed by atoms with Crippen LogP contribution in [0.3, 0.4) is 0 Å². The average Bonchev–Trinajstić information content (AvgIpc) is 2.95. The monoisotopic (exact) mass is 619 g/mol. The Morgan fingerprint density at radius 1 is 0.610 bits per heavy atom. The Morgan fingerprint density at radius 3 is 1.54 bits per heavy atom. The van der Waals surface area contributed by atoms with Gasteiger partial charge in [0, 0.05) is 6.42 Å². The predicted octanol–water partition coefficient (Wildman–Crippen LogP) is 11.0. The molecule has 3 atom stereocenters. The van der Waals surface area contributed by atoms with E-state index in [9.17, 15) is 9.59 Å². The van der Waals surface area contributed by atoms with E-state index in [4.69, 9.17) is 16.3 Å². The molecule has 0 fully saturated rings. The second-order valence-corrected chi connectivity index (χ2v) is 15.4. The van der Waals surface area contributed by atoms with Crippen molar-refractivity contribution in [3.63, 3.8) is 0 Å². The van der Waals surface area contributed by atoms with Gasteiger partial charge >= 0.3 is 5.97 Å². The van der Waals surface area contributed by atoms with Crippen LogP contribution in [0.1, 0.15) is 181 Å². The van der Waals surface area contributed by atoms with Crippen LogP contribution in [0.25, 0.3) is 0 Å². The molecule has 0 saturated carbocycles. The summed E-state index contributed by atoms with van der Waals surface area (Å²) >= 11 is 6.42. The molecule has 6 heteroatoms. The van der Waals surface area contributed by atoms with Crippen LogP contribution in [0.15, 0.2) is 0 Å². The number of unbranched alkanes of at least 4 members (excludes halogenated alkanes) is 19. The lowest BCUT2D eigenvalue weighted by Crippen LogP contribution is -2.43. The summed E-state index contributed by atoms with van der Waals surface area (Å²) in [7, 11) is -0.128. The van der Waals surface area contributed by atoms with Gasteiger partial charge in [0.1, 0.15) is 6.04 Å². The lowest BCUT2D eigenvalue weighted by molar-refractivity contribution is -0.150. The molecule has 2 unspecified atom stereocenters. The average molecular weight is 620 g/mol. The fourth-order valence-electron chi connectivity index (χ4n) is 5.24. The number of rotatable bonds is 31. The summed E-state index contributed by atoms with van der Waals surface area (Å²) in [4.78, 5) is 25.8. The van der Waals surface area contributed by atoms with Crippen molar-refractivity contribution in [1.29, 1.82) is 0 Å². The SMILES string of the molecule is CCCCCCCCCCCCCC(=O)N[C@H](CC[SH](C)CCCC)C(=O)OC(Cl)CCCCCCCCCCC. The van der Waals surface area contributed by atoms with Crippen LogP contribution in [-0.4, -0.2) is 41.2 Å². The molecule has 4 nitrogen and oxygen atoms in total. The number of amides is 1. The van der Waals surface area contributed by atoms with E-state index in [-0.39, 0.29) is 22.8 Å². The maximum absolute atomic E-state index is 13.0. The maximum atomic E-state index is 13.0. The van der Waals surface area contributed by atoms with Crippen LogP contribution >= 0.6 is 22.5 Å². The van der Waals surface area contributed by atoms with E-state index in [1.54, 1.807) is 0 Å². The molecule has 0 aromatic rings. The Bertz CT molecular complexity index is 592. The van der Waals surface area contributed by atoms with Gasteiger partial charge in [0.05, 0.1) is 0 Å². The van der Waals surface area contributed by atoms with Crippen LogP contribution in [0.2, 0.25) is 0 Å². The quantitative estimate of drug-likeness (QED) is 0.0351. The van der Waals surface area contributed by atoms with Gasteiger partial charge in [-0.05, 0) is 49.9 Å². The normalized spacial score (nSPS) is 14.0. The molecule has 0 aromatic heterocycles. The van der Waals surface area contributed by atoms with Gasteiger partial charge < -0.3 is 10.1 Å². The number of hydrogen-bond acceptors (Lipinski definition) is 3. The highest BCUT2D eigenvalue weighted by atomic mass is 35.5.